The Balaban J connectivity index is 1.31. The minimum Gasteiger partial charge on any atom is -0.496 e. The van der Waals surface area contributed by atoms with E-state index < -0.39 is 41.7 Å². The van der Waals surface area contributed by atoms with Gasteiger partial charge < -0.3 is 14.3 Å². The molecule has 3 atom stereocenters. The molecule has 2 aromatic carbocycles. The number of nitrogens with zero attached hydrogens (tertiary/aromatic N) is 2. The van der Waals surface area contributed by atoms with E-state index in [1.54, 1.807) is 14.0 Å². The van der Waals surface area contributed by atoms with Gasteiger partial charge in [0, 0.05) is 17.7 Å². The van der Waals surface area contributed by atoms with Crippen molar-refractivity contribution in [2.45, 2.75) is 76.1 Å². The molecule has 44 heavy (non-hydrogen) atoms. The highest BCUT2D eigenvalue weighted by Gasteiger charge is 2.44. The molecule has 0 radical (unpaired) electrons. The molecular weight excluding hydrogens is 592 g/mol. The first kappa shape index (κ1) is 30.3. The third-order valence-corrected chi connectivity index (χ3v) is 8.65. The fraction of sp³-hybridized carbons (Fsp3) is 0.484. The normalized spacial score (nSPS) is 24.4. The van der Waals surface area contributed by atoms with Crippen molar-refractivity contribution in [1.29, 1.82) is 0 Å². The Morgan fingerprint density at radius 3 is 2.32 bits per heavy atom. The minimum absolute atomic E-state index is 0.0632. The highest BCUT2D eigenvalue weighted by molar-refractivity contribution is 5.96. The van der Waals surface area contributed by atoms with E-state index in [1.165, 1.54) is 4.90 Å². The summed E-state index contributed by atoms with van der Waals surface area (Å²) in [5.74, 6) is 1.55. The first-order valence-electron chi connectivity index (χ1n) is 14.5. The van der Waals surface area contributed by atoms with Gasteiger partial charge in [-0.3, -0.25) is 4.90 Å². The van der Waals surface area contributed by atoms with Crippen LogP contribution in [-0.4, -0.2) is 42.8 Å². The first-order chi connectivity index (χ1) is 20.8. The molecule has 1 amide bonds. The van der Waals surface area contributed by atoms with Gasteiger partial charge in [0.15, 0.2) is 0 Å². The van der Waals surface area contributed by atoms with Crippen LogP contribution < -0.4 is 10.2 Å². The van der Waals surface area contributed by atoms with Crippen LogP contribution in [0.15, 0.2) is 47.0 Å². The smallest absolute Gasteiger partial charge is 0.416 e. The summed E-state index contributed by atoms with van der Waals surface area (Å²) in [6, 6.07) is 6.09. The van der Waals surface area contributed by atoms with Crippen molar-refractivity contribution in [3.63, 3.8) is 0 Å². The number of hydrogen-bond acceptors (Lipinski definition) is 6. The highest BCUT2D eigenvalue weighted by Crippen LogP contribution is 2.43. The number of carbonyl (C=O) groups is 1. The zero-order chi connectivity index (χ0) is 31.4. The highest BCUT2D eigenvalue weighted by atomic mass is 19.4. The van der Waals surface area contributed by atoms with E-state index in [0.29, 0.717) is 42.5 Å². The summed E-state index contributed by atoms with van der Waals surface area (Å²) in [5, 5.41) is 0. The van der Waals surface area contributed by atoms with Gasteiger partial charge in [0.1, 0.15) is 18.0 Å². The first-order valence-corrected chi connectivity index (χ1v) is 14.5. The second kappa shape index (κ2) is 11.3. The summed E-state index contributed by atoms with van der Waals surface area (Å²) >= 11 is 0. The van der Waals surface area contributed by atoms with Crippen LogP contribution in [0.5, 0.6) is 5.75 Å². The van der Waals surface area contributed by atoms with Crippen molar-refractivity contribution < 1.29 is 45.4 Å². The molecule has 1 saturated heterocycles. The van der Waals surface area contributed by atoms with Gasteiger partial charge in [0.25, 0.3) is 0 Å². The van der Waals surface area contributed by atoms with Crippen molar-refractivity contribution in [2.24, 2.45) is 10.9 Å². The predicted octanol–water partition coefficient (Wildman–Crippen LogP) is 7.66. The molecule has 13 heteroatoms. The van der Waals surface area contributed by atoms with Gasteiger partial charge >= 0.3 is 18.4 Å². The van der Waals surface area contributed by atoms with Crippen LogP contribution in [0.1, 0.15) is 79.4 Å². The number of hydroxylamine groups is 1. The number of benzene rings is 2. The molecule has 2 aromatic rings. The van der Waals surface area contributed by atoms with Crippen molar-refractivity contribution >= 4 is 17.6 Å². The van der Waals surface area contributed by atoms with Crippen LogP contribution in [0.2, 0.25) is 0 Å². The molecule has 236 valence electrons. The Morgan fingerprint density at radius 1 is 1.00 bits per heavy atom. The SMILES string of the molecule is COc1ccc(C2=NC(C3CC3)NO2)cc1C1=C(CN2C(=O)O[C@H](c3cc(C(F)(F)F)cc(C(F)(F)F)c3)[C@@H]2C)CCCC1. The second-order valence-electron chi connectivity index (χ2n) is 11.7. The van der Waals surface area contributed by atoms with Crippen LogP contribution in [0.3, 0.4) is 0 Å². The summed E-state index contributed by atoms with van der Waals surface area (Å²) in [6.45, 7) is 1.67. The number of carbonyl (C=O) groups excluding carboxylic acids is 1. The number of nitrogens with one attached hydrogen (secondary N) is 1. The van der Waals surface area contributed by atoms with Crippen LogP contribution in [-0.2, 0) is 21.9 Å². The molecule has 2 fully saturated rings. The number of halogens is 6. The number of ether oxygens (including phenoxy) is 2. The molecule has 1 N–H and O–H groups in total. The average Bonchev–Trinajstić information content (AvgIpc) is 3.65. The molecule has 4 aliphatic rings. The van der Waals surface area contributed by atoms with Crippen molar-refractivity contribution in [1.82, 2.24) is 10.4 Å². The fourth-order valence-electron chi connectivity index (χ4n) is 6.10. The largest absolute Gasteiger partial charge is 0.496 e. The molecule has 7 nitrogen and oxygen atoms in total. The topological polar surface area (TPSA) is 72.4 Å². The number of alkyl halides is 6. The number of amides is 1. The van der Waals surface area contributed by atoms with E-state index in [4.69, 9.17) is 14.3 Å². The molecule has 0 spiro atoms. The Kier molecular flexibility index (Phi) is 7.79. The third-order valence-electron chi connectivity index (χ3n) is 8.65. The maximum absolute atomic E-state index is 13.5. The lowest BCUT2D eigenvalue weighted by Crippen LogP contribution is -2.34. The van der Waals surface area contributed by atoms with E-state index >= 15 is 0 Å². The molecule has 0 aromatic heterocycles. The lowest BCUT2D eigenvalue weighted by atomic mass is 9.85. The number of rotatable bonds is 7. The molecule has 2 heterocycles. The van der Waals surface area contributed by atoms with E-state index in [1.807, 2.05) is 18.2 Å². The number of allylic oxidation sites excluding steroid dienone is 1. The van der Waals surface area contributed by atoms with Gasteiger partial charge in [-0.05, 0) is 104 Å². The van der Waals surface area contributed by atoms with Gasteiger partial charge in [-0.25, -0.2) is 9.79 Å². The monoisotopic (exact) mass is 623 g/mol. The maximum atomic E-state index is 13.5. The lowest BCUT2D eigenvalue weighted by molar-refractivity contribution is -0.143. The molecule has 1 saturated carbocycles. The minimum atomic E-state index is -5.01. The van der Waals surface area contributed by atoms with Gasteiger partial charge in [-0.1, -0.05) is 0 Å². The Morgan fingerprint density at radius 2 is 1.68 bits per heavy atom. The predicted molar refractivity (Wildman–Crippen MR) is 147 cm³/mol. The lowest BCUT2D eigenvalue weighted by Gasteiger charge is -2.28. The van der Waals surface area contributed by atoms with E-state index in [-0.39, 0.29) is 24.3 Å². The second-order valence-corrected chi connectivity index (χ2v) is 11.7. The molecule has 6 rings (SSSR count). The van der Waals surface area contributed by atoms with Crippen LogP contribution in [0, 0.1) is 5.92 Å². The number of hydrogen-bond donors (Lipinski definition) is 1. The summed E-state index contributed by atoms with van der Waals surface area (Å²) < 4.78 is 92.2. The van der Waals surface area contributed by atoms with Gasteiger partial charge in [-0.2, -0.15) is 26.3 Å². The molecular formula is C31H31F6N3O4. The quantitative estimate of drug-likeness (QED) is 0.321. The van der Waals surface area contributed by atoms with Gasteiger partial charge in [0.2, 0.25) is 5.90 Å². The van der Waals surface area contributed by atoms with Crippen molar-refractivity contribution in [3.8, 4) is 5.75 Å². The van der Waals surface area contributed by atoms with E-state index in [0.717, 1.165) is 48.0 Å². The zero-order valence-corrected chi connectivity index (χ0v) is 24.0. The van der Waals surface area contributed by atoms with Gasteiger partial charge in [-0.15, -0.1) is 5.48 Å². The molecule has 1 unspecified atom stereocenters. The summed E-state index contributed by atoms with van der Waals surface area (Å²) in [6.07, 6.45) is -6.97. The average molecular weight is 624 g/mol. The molecule has 2 aliphatic carbocycles. The Labute approximate surface area is 249 Å². The Bertz CT molecular complexity index is 1480. The standard InChI is InChI=1S/C31H31F6N3O4/c1-16-26(20-11-21(30(32,33)34)14-22(12-20)31(35,36)37)43-29(41)40(16)15-19-5-3-4-6-23(19)24-13-18(9-10-25(24)42-2)28-38-27(39-44-28)17-7-8-17/h9-14,16-17,26-27,39H,3-8,15H2,1-2H3/t16-,26-,27?/m0/s1. The summed E-state index contributed by atoms with van der Waals surface area (Å²) in [5.41, 5.74) is 3.14. The zero-order valence-electron chi connectivity index (χ0n) is 24.0. The van der Waals surface area contributed by atoms with Crippen molar-refractivity contribution in [2.75, 3.05) is 13.7 Å². The maximum Gasteiger partial charge on any atom is 0.416 e. The van der Waals surface area contributed by atoms with E-state index in [2.05, 4.69) is 10.5 Å². The van der Waals surface area contributed by atoms with Crippen LogP contribution >= 0.6 is 0 Å². The van der Waals surface area contributed by atoms with Crippen molar-refractivity contribution in [3.05, 3.63) is 69.8 Å². The van der Waals surface area contributed by atoms with Crippen LogP contribution in [0.4, 0.5) is 31.1 Å². The fourth-order valence-corrected chi connectivity index (χ4v) is 6.10. The summed E-state index contributed by atoms with van der Waals surface area (Å²) in [7, 11) is 1.56. The third kappa shape index (κ3) is 5.98. The number of methoxy groups -OCH3 is 1. The van der Waals surface area contributed by atoms with Gasteiger partial charge in [0.05, 0.1) is 24.3 Å². The number of cyclic esters (lactones) is 1. The Hall–Kier alpha value is -3.74. The van der Waals surface area contributed by atoms with E-state index in [9.17, 15) is 31.1 Å². The molecule has 0 bridgehead atoms. The molecule has 2 aliphatic heterocycles. The number of aliphatic imine (C=N–C) groups is 1. The summed E-state index contributed by atoms with van der Waals surface area (Å²) in [4.78, 5) is 24.8. The van der Waals surface area contributed by atoms with Crippen LogP contribution in [0.25, 0.3) is 5.57 Å².